The van der Waals surface area contributed by atoms with Gasteiger partial charge in [0.2, 0.25) is 0 Å². The number of nitrogens with two attached hydrogens (primary N) is 1. The average Bonchev–Trinajstić information content (AvgIpc) is 2.62. The number of rotatable bonds is 2. The average molecular weight is 209 g/mol. The molecule has 15 heavy (non-hydrogen) atoms. The van der Waals surface area contributed by atoms with Crippen molar-refractivity contribution in [3.8, 4) is 0 Å². The van der Waals surface area contributed by atoms with Gasteiger partial charge >= 0.3 is 0 Å². The van der Waals surface area contributed by atoms with Crippen LogP contribution in [0.25, 0.3) is 0 Å². The Labute approximate surface area is 90.4 Å². The number of ether oxygens (including phenoxy) is 1. The predicted molar refractivity (Wildman–Crippen MR) is 59.6 cm³/mol. The standard InChI is InChI=1S/C11H19N3O/c1-8(2)9-7-10(12)13-14(9)11-5-3-4-6-15-11/h7-8,11H,3-6H2,1-2H3,(H2,12,13). The van der Waals surface area contributed by atoms with E-state index < -0.39 is 0 Å². The lowest BCUT2D eigenvalue weighted by Crippen LogP contribution is -2.21. The van der Waals surface area contributed by atoms with Gasteiger partial charge in [0.1, 0.15) is 5.82 Å². The van der Waals surface area contributed by atoms with Crippen molar-refractivity contribution < 1.29 is 4.74 Å². The first-order chi connectivity index (χ1) is 7.18. The molecule has 0 amide bonds. The maximum Gasteiger partial charge on any atom is 0.150 e. The monoisotopic (exact) mass is 209 g/mol. The lowest BCUT2D eigenvalue weighted by molar-refractivity contribution is -0.0413. The van der Waals surface area contributed by atoms with Crippen molar-refractivity contribution in [2.24, 2.45) is 0 Å². The summed E-state index contributed by atoms with van der Waals surface area (Å²) in [7, 11) is 0. The minimum absolute atomic E-state index is 0.0912. The summed E-state index contributed by atoms with van der Waals surface area (Å²) in [6.45, 7) is 5.13. The van der Waals surface area contributed by atoms with Crippen LogP contribution in [-0.4, -0.2) is 16.4 Å². The zero-order valence-corrected chi connectivity index (χ0v) is 9.44. The van der Waals surface area contributed by atoms with E-state index in [1.165, 1.54) is 12.1 Å². The summed E-state index contributed by atoms with van der Waals surface area (Å²) >= 11 is 0. The highest BCUT2D eigenvalue weighted by molar-refractivity contribution is 5.31. The molecule has 1 unspecified atom stereocenters. The smallest absolute Gasteiger partial charge is 0.150 e. The Kier molecular flexibility index (Phi) is 2.95. The van der Waals surface area contributed by atoms with Gasteiger partial charge in [0, 0.05) is 18.4 Å². The van der Waals surface area contributed by atoms with Crippen molar-refractivity contribution in [2.75, 3.05) is 12.3 Å². The van der Waals surface area contributed by atoms with Crippen LogP contribution in [0.2, 0.25) is 0 Å². The van der Waals surface area contributed by atoms with Gasteiger partial charge in [0.05, 0.1) is 0 Å². The largest absolute Gasteiger partial charge is 0.382 e. The highest BCUT2D eigenvalue weighted by Gasteiger charge is 2.20. The summed E-state index contributed by atoms with van der Waals surface area (Å²) < 4.78 is 7.67. The molecule has 0 spiro atoms. The van der Waals surface area contributed by atoms with Gasteiger partial charge in [-0.05, 0) is 25.2 Å². The van der Waals surface area contributed by atoms with Crippen molar-refractivity contribution >= 4 is 5.82 Å². The number of hydrogen-bond donors (Lipinski definition) is 1. The molecule has 0 aliphatic carbocycles. The van der Waals surface area contributed by atoms with E-state index in [4.69, 9.17) is 10.5 Å². The van der Waals surface area contributed by atoms with Gasteiger partial charge < -0.3 is 10.5 Å². The fraction of sp³-hybridized carbons (Fsp3) is 0.727. The maximum absolute atomic E-state index is 5.74. The fourth-order valence-electron chi connectivity index (χ4n) is 2.01. The molecule has 2 heterocycles. The third-order valence-electron chi connectivity index (χ3n) is 2.80. The van der Waals surface area contributed by atoms with Crippen LogP contribution >= 0.6 is 0 Å². The van der Waals surface area contributed by atoms with Gasteiger partial charge in [-0.15, -0.1) is 0 Å². The van der Waals surface area contributed by atoms with E-state index in [9.17, 15) is 0 Å². The molecule has 0 saturated carbocycles. The molecule has 1 aliphatic heterocycles. The second-order valence-corrected chi connectivity index (χ2v) is 4.41. The van der Waals surface area contributed by atoms with Crippen LogP contribution in [0.3, 0.4) is 0 Å². The van der Waals surface area contributed by atoms with E-state index >= 15 is 0 Å². The zero-order chi connectivity index (χ0) is 10.8. The molecule has 1 atom stereocenters. The summed E-state index contributed by atoms with van der Waals surface area (Å²) in [5.74, 6) is 1.02. The van der Waals surface area contributed by atoms with Gasteiger partial charge in [0.15, 0.2) is 6.23 Å². The van der Waals surface area contributed by atoms with Crippen LogP contribution in [0.5, 0.6) is 0 Å². The Hall–Kier alpha value is -1.03. The molecule has 0 bridgehead atoms. The summed E-state index contributed by atoms with van der Waals surface area (Å²) in [4.78, 5) is 0. The van der Waals surface area contributed by atoms with Crippen molar-refractivity contribution in [1.82, 2.24) is 9.78 Å². The predicted octanol–water partition coefficient (Wildman–Crippen LogP) is 2.29. The number of aromatic nitrogens is 2. The molecule has 2 N–H and O–H groups in total. The van der Waals surface area contributed by atoms with Gasteiger partial charge in [-0.1, -0.05) is 13.8 Å². The van der Waals surface area contributed by atoms with Crippen LogP contribution in [0.15, 0.2) is 6.07 Å². The van der Waals surface area contributed by atoms with Gasteiger partial charge in [-0.2, -0.15) is 5.10 Å². The highest BCUT2D eigenvalue weighted by Crippen LogP contribution is 2.27. The molecule has 1 fully saturated rings. The van der Waals surface area contributed by atoms with Crippen LogP contribution in [0.1, 0.15) is 50.9 Å². The van der Waals surface area contributed by atoms with E-state index in [-0.39, 0.29) is 6.23 Å². The summed E-state index contributed by atoms with van der Waals surface area (Å²) in [5.41, 5.74) is 6.90. The Balaban J connectivity index is 2.25. The summed E-state index contributed by atoms with van der Waals surface area (Å²) in [5, 5.41) is 4.32. The number of anilines is 1. The van der Waals surface area contributed by atoms with E-state index in [2.05, 4.69) is 18.9 Å². The normalized spacial score (nSPS) is 22.2. The SMILES string of the molecule is CC(C)c1cc(N)nn1C1CCCCO1. The van der Waals surface area contributed by atoms with E-state index in [1.807, 2.05) is 10.7 Å². The van der Waals surface area contributed by atoms with Gasteiger partial charge in [0.25, 0.3) is 0 Å². The molecular formula is C11H19N3O. The first kappa shape index (κ1) is 10.5. The molecule has 4 nitrogen and oxygen atoms in total. The van der Waals surface area contributed by atoms with E-state index in [0.717, 1.165) is 19.4 Å². The molecule has 1 saturated heterocycles. The lowest BCUT2D eigenvalue weighted by atomic mass is 10.1. The first-order valence-electron chi connectivity index (χ1n) is 5.65. The minimum atomic E-state index is 0.0912. The maximum atomic E-state index is 5.74. The van der Waals surface area contributed by atoms with Crippen molar-refractivity contribution in [1.29, 1.82) is 0 Å². The Morgan fingerprint density at radius 3 is 2.93 bits per heavy atom. The third-order valence-corrected chi connectivity index (χ3v) is 2.80. The molecule has 84 valence electrons. The van der Waals surface area contributed by atoms with Crippen molar-refractivity contribution in [2.45, 2.75) is 45.3 Å². The van der Waals surface area contributed by atoms with E-state index in [0.29, 0.717) is 11.7 Å². The number of nitrogen functional groups attached to an aromatic ring is 1. The highest BCUT2D eigenvalue weighted by atomic mass is 16.5. The molecule has 1 aliphatic rings. The fourth-order valence-corrected chi connectivity index (χ4v) is 2.01. The topological polar surface area (TPSA) is 53.1 Å². The molecule has 4 heteroatoms. The second-order valence-electron chi connectivity index (χ2n) is 4.41. The Bertz CT molecular complexity index is 327. The Morgan fingerprint density at radius 2 is 2.33 bits per heavy atom. The first-order valence-corrected chi connectivity index (χ1v) is 5.65. The lowest BCUT2D eigenvalue weighted by Gasteiger charge is -2.25. The Morgan fingerprint density at radius 1 is 1.53 bits per heavy atom. The summed E-state index contributed by atoms with van der Waals surface area (Å²) in [6.07, 6.45) is 3.50. The van der Waals surface area contributed by atoms with Crippen LogP contribution in [-0.2, 0) is 4.74 Å². The third kappa shape index (κ3) is 2.15. The van der Waals surface area contributed by atoms with Crippen LogP contribution in [0, 0.1) is 0 Å². The number of hydrogen-bond acceptors (Lipinski definition) is 3. The minimum Gasteiger partial charge on any atom is -0.382 e. The number of nitrogens with zero attached hydrogens (tertiary/aromatic N) is 2. The molecule has 0 radical (unpaired) electrons. The van der Waals surface area contributed by atoms with Crippen LogP contribution in [0.4, 0.5) is 5.82 Å². The molecule has 0 aromatic carbocycles. The molecule has 1 aromatic heterocycles. The molecule has 1 aromatic rings. The quantitative estimate of drug-likeness (QED) is 0.813. The van der Waals surface area contributed by atoms with Crippen LogP contribution < -0.4 is 5.73 Å². The summed E-state index contributed by atoms with van der Waals surface area (Å²) in [6, 6.07) is 1.95. The van der Waals surface area contributed by atoms with E-state index in [1.54, 1.807) is 0 Å². The van der Waals surface area contributed by atoms with Gasteiger partial charge in [-0.3, -0.25) is 0 Å². The molecular weight excluding hydrogens is 190 g/mol. The van der Waals surface area contributed by atoms with Crippen molar-refractivity contribution in [3.63, 3.8) is 0 Å². The molecule has 2 rings (SSSR count). The van der Waals surface area contributed by atoms with Gasteiger partial charge in [-0.25, -0.2) is 4.68 Å². The van der Waals surface area contributed by atoms with Crippen molar-refractivity contribution in [3.05, 3.63) is 11.8 Å². The second kappa shape index (κ2) is 4.23. The zero-order valence-electron chi connectivity index (χ0n) is 9.44.